The van der Waals surface area contributed by atoms with E-state index in [0.29, 0.717) is 9.96 Å². The maximum atomic E-state index is 11.6. The molecule has 0 N–H and O–H groups in total. The molecule has 0 atom stereocenters. The second kappa shape index (κ2) is 4.58. The van der Waals surface area contributed by atoms with Crippen LogP contribution in [0.2, 0.25) is 0 Å². The normalized spacial score (nSPS) is 15.2. The summed E-state index contributed by atoms with van der Waals surface area (Å²) in [5.74, 6) is -1.74. The minimum absolute atomic E-state index is 0.0821. The topological polar surface area (TPSA) is 63.7 Å². The van der Waals surface area contributed by atoms with E-state index in [4.69, 9.17) is 4.84 Å². The van der Waals surface area contributed by atoms with Gasteiger partial charge < -0.3 is 4.84 Å². The Hall–Kier alpha value is -1.82. The van der Waals surface area contributed by atoms with Crippen molar-refractivity contribution in [1.82, 2.24) is 5.06 Å². The van der Waals surface area contributed by atoms with Crippen LogP contribution in [0.15, 0.2) is 29.2 Å². The third kappa shape index (κ3) is 2.47. The number of hydroxylamine groups is 2. The number of hydrogen-bond acceptors (Lipinski definition) is 5. The lowest BCUT2D eigenvalue weighted by Crippen LogP contribution is -2.32. The maximum Gasteiger partial charge on any atom is 0.363 e. The predicted molar refractivity (Wildman–Crippen MR) is 60.2 cm³/mol. The second-order valence-electron chi connectivity index (χ2n) is 3.51. The molecule has 0 radical (unpaired) electrons. The summed E-state index contributed by atoms with van der Waals surface area (Å²) < 4.78 is 0. The number of carbonyl (C=O) groups is 3. The van der Waals surface area contributed by atoms with E-state index in [1.165, 1.54) is 12.1 Å². The van der Waals surface area contributed by atoms with E-state index in [0.717, 1.165) is 0 Å². The lowest BCUT2D eigenvalue weighted by atomic mass is 10.2. The predicted octanol–water partition coefficient (Wildman–Crippen LogP) is 1.20. The van der Waals surface area contributed by atoms with Crippen molar-refractivity contribution in [3.05, 3.63) is 29.8 Å². The Balaban J connectivity index is 2.12. The Kier molecular flexibility index (Phi) is 3.14. The van der Waals surface area contributed by atoms with Crippen molar-refractivity contribution in [3.63, 3.8) is 0 Å². The van der Waals surface area contributed by atoms with Gasteiger partial charge in [0.05, 0.1) is 5.56 Å². The Morgan fingerprint density at radius 2 is 1.88 bits per heavy atom. The van der Waals surface area contributed by atoms with Gasteiger partial charge in [0.1, 0.15) is 0 Å². The molecule has 0 saturated carbocycles. The van der Waals surface area contributed by atoms with E-state index >= 15 is 0 Å². The zero-order chi connectivity index (χ0) is 12.4. The summed E-state index contributed by atoms with van der Waals surface area (Å²) in [5.41, 5.74) is 0.241. The summed E-state index contributed by atoms with van der Waals surface area (Å²) >= 11 is 4.08. The standard InChI is InChI=1S/C11H9NO4S/c13-9-4-5-10(14)12(9)16-11(15)7-2-1-3-8(17)6-7/h1-3,6,17H,4-5H2. The number of benzene rings is 1. The highest BCUT2D eigenvalue weighted by atomic mass is 32.1. The first-order chi connectivity index (χ1) is 8.08. The minimum atomic E-state index is -0.746. The third-order valence-corrected chi connectivity index (χ3v) is 2.54. The highest BCUT2D eigenvalue weighted by molar-refractivity contribution is 7.80. The van der Waals surface area contributed by atoms with Gasteiger partial charge in [-0.15, -0.1) is 17.7 Å². The van der Waals surface area contributed by atoms with Crippen LogP contribution in [-0.4, -0.2) is 22.8 Å². The molecule has 1 fully saturated rings. The van der Waals surface area contributed by atoms with Crippen molar-refractivity contribution in [2.24, 2.45) is 0 Å². The van der Waals surface area contributed by atoms with Gasteiger partial charge in [0.2, 0.25) is 0 Å². The van der Waals surface area contributed by atoms with Crippen molar-refractivity contribution in [2.45, 2.75) is 17.7 Å². The maximum absolute atomic E-state index is 11.6. The van der Waals surface area contributed by atoms with Crippen molar-refractivity contribution < 1.29 is 19.2 Å². The van der Waals surface area contributed by atoms with Crippen molar-refractivity contribution in [1.29, 1.82) is 0 Å². The summed E-state index contributed by atoms with van der Waals surface area (Å²) in [4.78, 5) is 39.4. The summed E-state index contributed by atoms with van der Waals surface area (Å²) in [7, 11) is 0. The molecule has 1 aromatic rings. The molecule has 1 heterocycles. The molecule has 0 aliphatic carbocycles. The molecule has 2 amide bonds. The Morgan fingerprint density at radius 3 is 2.47 bits per heavy atom. The molecule has 1 aliphatic rings. The molecule has 1 aliphatic heterocycles. The van der Waals surface area contributed by atoms with Gasteiger partial charge in [-0.3, -0.25) is 9.59 Å². The fraction of sp³-hybridized carbons (Fsp3) is 0.182. The molecule has 1 aromatic carbocycles. The number of nitrogens with zero attached hydrogens (tertiary/aromatic N) is 1. The van der Waals surface area contributed by atoms with Crippen LogP contribution in [0.3, 0.4) is 0 Å². The van der Waals surface area contributed by atoms with Crippen molar-refractivity contribution in [2.75, 3.05) is 0 Å². The summed E-state index contributed by atoms with van der Waals surface area (Å²) in [6, 6.07) is 6.35. The first-order valence-electron chi connectivity index (χ1n) is 4.95. The second-order valence-corrected chi connectivity index (χ2v) is 4.03. The van der Waals surface area contributed by atoms with Gasteiger partial charge in [-0.1, -0.05) is 6.07 Å². The molecule has 2 rings (SSSR count). The van der Waals surface area contributed by atoms with E-state index in [1.807, 2.05) is 0 Å². The first kappa shape index (κ1) is 11.7. The quantitative estimate of drug-likeness (QED) is 0.633. The van der Waals surface area contributed by atoms with Crippen LogP contribution in [0.1, 0.15) is 23.2 Å². The zero-order valence-corrected chi connectivity index (χ0v) is 9.65. The average molecular weight is 251 g/mol. The fourth-order valence-corrected chi connectivity index (χ4v) is 1.65. The van der Waals surface area contributed by atoms with E-state index < -0.39 is 17.8 Å². The number of amides is 2. The van der Waals surface area contributed by atoms with Crippen LogP contribution >= 0.6 is 12.6 Å². The summed E-state index contributed by atoms with van der Waals surface area (Å²) in [6.07, 6.45) is 0.164. The average Bonchev–Trinajstić information content (AvgIpc) is 2.61. The van der Waals surface area contributed by atoms with Gasteiger partial charge in [0.15, 0.2) is 0 Å². The molecule has 0 spiro atoms. The molecule has 6 heteroatoms. The van der Waals surface area contributed by atoms with E-state index in [1.54, 1.807) is 12.1 Å². The first-order valence-corrected chi connectivity index (χ1v) is 5.40. The third-order valence-electron chi connectivity index (χ3n) is 2.26. The van der Waals surface area contributed by atoms with E-state index in [2.05, 4.69) is 12.6 Å². The molecular weight excluding hydrogens is 242 g/mol. The minimum Gasteiger partial charge on any atom is -0.325 e. The van der Waals surface area contributed by atoms with Crippen LogP contribution < -0.4 is 0 Å². The van der Waals surface area contributed by atoms with Gasteiger partial charge in [0, 0.05) is 17.7 Å². The fourth-order valence-electron chi connectivity index (χ4n) is 1.43. The lowest BCUT2D eigenvalue weighted by Gasteiger charge is -2.12. The summed E-state index contributed by atoms with van der Waals surface area (Å²) in [6.45, 7) is 0. The molecular formula is C11H9NO4S. The lowest BCUT2D eigenvalue weighted by molar-refractivity contribution is -0.172. The van der Waals surface area contributed by atoms with Crippen LogP contribution in [0.4, 0.5) is 0 Å². The van der Waals surface area contributed by atoms with Crippen molar-refractivity contribution >= 4 is 30.4 Å². The van der Waals surface area contributed by atoms with Gasteiger partial charge in [0.25, 0.3) is 11.8 Å². The van der Waals surface area contributed by atoms with E-state index in [9.17, 15) is 14.4 Å². The van der Waals surface area contributed by atoms with Crippen LogP contribution in [0.25, 0.3) is 0 Å². The molecule has 17 heavy (non-hydrogen) atoms. The van der Waals surface area contributed by atoms with Crippen molar-refractivity contribution in [3.8, 4) is 0 Å². The van der Waals surface area contributed by atoms with Crippen LogP contribution in [0, 0.1) is 0 Å². The number of rotatable bonds is 2. The van der Waals surface area contributed by atoms with Gasteiger partial charge in [-0.2, -0.15) is 0 Å². The largest absolute Gasteiger partial charge is 0.363 e. The van der Waals surface area contributed by atoms with Gasteiger partial charge in [-0.25, -0.2) is 4.79 Å². The zero-order valence-electron chi connectivity index (χ0n) is 8.75. The molecule has 0 aromatic heterocycles. The molecule has 5 nitrogen and oxygen atoms in total. The molecule has 1 saturated heterocycles. The number of hydrogen-bond donors (Lipinski definition) is 1. The van der Waals surface area contributed by atoms with Gasteiger partial charge >= 0.3 is 5.97 Å². The molecule has 88 valence electrons. The number of imide groups is 1. The monoisotopic (exact) mass is 251 g/mol. The summed E-state index contributed by atoms with van der Waals surface area (Å²) in [5, 5.41) is 0.521. The molecule has 0 unspecified atom stereocenters. The molecule has 0 bridgehead atoms. The number of thiol groups is 1. The SMILES string of the molecule is O=C(ON1C(=O)CCC1=O)c1cccc(S)c1. The Morgan fingerprint density at radius 1 is 1.24 bits per heavy atom. The van der Waals surface area contributed by atoms with E-state index in [-0.39, 0.29) is 18.4 Å². The smallest absolute Gasteiger partial charge is 0.325 e. The number of carbonyl (C=O) groups excluding carboxylic acids is 3. The van der Waals surface area contributed by atoms with Gasteiger partial charge in [-0.05, 0) is 18.2 Å². The van der Waals surface area contributed by atoms with Crippen LogP contribution in [0.5, 0.6) is 0 Å². The Bertz CT molecular complexity index is 484. The highest BCUT2D eigenvalue weighted by Crippen LogP contribution is 2.15. The van der Waals surface area contributed by atoms with Crippen LogP contribution in [-0.2, 0) is 14.4 Å². The highest BCUT2D eigenvalue weighted by Gasteiger charge is 2.33. The Labute approximate surface area is 103 Å².